The van der Waals surface area contributed by atoms with Crippen molar-refractivity contribution in [2.75, 3.05) is 0 Å². The number of aryl methyl sites for hydroxylation is 3. The molecule has 0 saturated carbocycles. The van der Waals surface area contributed by atoms with Crippen LogP contribution in [0.1, 0.15) is 28.6 Å². The van der Waals surface area contributed by atoms with Crippen molar-refractivity contribution < 1.29 is 0 Å². The van der Waals surface area contributed by atoms with Gasteiger partial charge in [-0.05, 0) is 30.5 Å². The minimum atomic E-state index is 0.0901. The van der Waals surface area contributed by atoms with Crippen molar-refractivity contribution >= 4 is 0 Å². The molecule has 4 nitrogen and oxygen atoms in total. The Hall–Kier alpha value is -1.65. The molecule has 0 bridgehead atoms. The lowest BCUT2D eigenvalue weighted by Gasteiger charge is -2.20. The van der Waals surface area contributed by atoms with Gasteiger partial charge in [-0.1, -0.05) is 18.2 Å². The number of nitrogens with two attached hydrogens (primary N) is 1. The molecule has 0 amide bonds. The van der Waals surface area contributed by atoms with Gasteiger partial charge in [-0.15, -0.1) is 0 Å². The molecule has 18 heavy (non-hydrogen) atoms. The summed E-state index contributed by atoms with van der Waals surface area (Å²) in [5.74, 6) is 6.75. The molecule has 96 valence electrons. The zero-order valence-electron chi connectivity index (χ0n) is 11.1. The molecule has 2 aromatic rings. The Morgan fingerprint density at radius 2 is 2.00 bits per heavy atom. The zero-order valence-corrected chi connectivity index (χ0v) is 11.1. The predicted octanol–water partition coefficient (Wildman–Crippen LogP) is 1.78. The third-order valence-electron chi connectivity index (χ3n) is 3.40. The highest BCUT2D eigenvalue weighted by atomic mass is 15.2. The van der Waals surface area contributed by atoms with E-state index >= 15 is 0 Å². The first-order chi connectivity index (χ1) is 8.63. The first kappa shape index (κ1) is 12.8. The Morgan fingerprint density at radius 3 is 2.50 bits per heavy atom. The number of nitrogens with zero attached hydrogens (tertiary/aromatic N) is 2. The van der Waals surface area contributed by atoms with Gasteiger partial charge >= 0.3 is 0 Å². The molecular formula is C14H20N4. The van der Waals surface area contributed by atoms with Crippen LogP contribution in [0.3, 0.4) is 0 Å². The van der Waals surface area contributed by atoms with E-state index in [9.17, 15) is 0 Å². The van der Waals surface area contributed by atoms with Gasteiger partial charge < -0.3 is 4.57 Å². The minimum Gasteiger partial charge on any atom is -0.338 e. The van der Waals surface area contributed by atoms with Gasteiger partial charge in [0.15, 0.2) is 0 Å². The van der Waals surface area contributed by atoms with Crippen molar-refractivity contribution in [1.82, 2.24) is 15.0 Å². The maximum Gasteiger partial charge on any atom is 0.110 e. The van der Waals surface area contributed by atoms with Gasteiger partial charge in [-0.25, -0.2) is 4.98 Å². The van der Waals surface area contributed by atoms with Crippen LogP contribution in [0.4, 0.5) is 0 Å². The lowest BCUT2D eigenvalue weighted by Crippen LogP contribution is -2.31. The first-order valence-electron chi connectivity index (χ1n) is 6.12. The van der Waals surface area contributed by atoms with Crippen LogP contribution in [0.25, 0.3) is 0 Å². The van der Waals surface area contributed by atoms with Crippen molar-refractivity contribution in [2.45, 2.75) is 26.3 Å². The summed E-state index contributed by atoms with van der Waals surface area (Å²) >= 11 is 0. The number of hydrogen-bond acceptors (Lipinski definition) is 3. The molecule has 1 unspecified atom stereocenters. The molecular weight excluding hydrogens is 224 g/mol. The van der Waals surface area contributed by atoms with Crippen molar-refractivity contribution in [3.63, 3.8) is 0 Å². The summed E-state index contributed by atoms with van der Waals surface area (Å²) in [6.45, 7) is 4.23. The number of imidazole rings is 1. The van der Waals surface area contributed by atoms with Crippen LogP contribution < -0.4 is 11.3 Å². The highest BCUT2D eigenvalue weighted by molar-refractivity contribution is 5.36. The smallest absolute Gasteiger partial charge is 0.110 e. The summed E-state index contributed by atoms with van der Waals surface area (Å²) in [5.41, 5.74) is 6.69. The fourth-order valence-electron chi connectivity index (χ4n) is 2.40. The van der Waals surface area contributed by atoms with E-state index in [1.165, 1.54) is 16.7 Å². The van der Waals surface area contributed by atoms with Gasteiger partial charge in [0.05, 0.1) is 6.04 Å². The number of hydrazine groups is 1. The second-order valence-corrected chi connectivity index (χ2v) is 4.68. The molecule has 1 heterocycles. The van der Waals surface area contributed by atoms with Crippen molar-refractivity contribution in [3.05, 3.63) is 53.1 Å². The lowest BCUT2D eigenvalue weighted by molar-refractivity contribution is 0.526. The summed E-state index contributed by atoms with van der Waals surface area (Å²) in [6, 6.07) is 6.39. The first-order valence-corrected chi connectivity index (χ1v) is 6.12. The fourth-order valence-corrected chi connectivity index (χ4v) is 2.40. The quantitative estimate of drug-likeness (QED) is 0.637. The molecule has 0 aliphatic carbocycles. The molecule has 1 aromatic carbocycles. The summed E-state index contributed by atoms with van der Waals surface area (Å²) in [6.07, 6.45) is 4.55. The summed E-state index contributed by atoms with van der Waals surface area (Å²) in [4.78, 5) is 4.36. The molecule has 0 spiro atoms. The van der Waals surface area contributed by atoms with Crippen molar-refractivity contribution in [2.24, 2.45) is 12.9 Å². The summed E-state index contributed by atoms with van der Waals surface area (Å²) in [7, 11) is 2.00. The van der Waals surface area contributed by atoms with E-state index in [1.807, 2.05) is 24.0 Å². The number of rotatable bonds is 4. The predicted molar refractivity (Wildman–Crippen MR) is 72.9 cm³/mol. The van der Waals surface area contributed by atoms with Crippen LogP contribution in [0.2, 0.25) is 0 Å². The van der Waals surface area contributed by atoms with Crippen LogP contribution in [0.5, 0.6) is 0 Å². The SMILES string of the molecule is Cc1cccc(C)c1C(Cc1nccn1C)NN. The average molecular weight is 244 g/mol. The van der Waals surface area contributed by atoms with Crippen LogP contribution >= 0.6 is 0 Å². The highest BCUT2D eigenvalue weighted by Gasteiger charge is 2.16. The molecule has 1 aromatic heterocycles. The zero-order chi connectivity index (χ0) is 13.1. The van der Waals surface area contributed by atoms with E-state index in [2.05, 4.69) is 42.5 Å². The Bertz CT molecular complexity index is 510. The summed E-state index contributed by atoms with van der Waals surface area (Å²) in [5, 5.41) is 0. The fraction of sp³-hybridized carbons (Fsp3) is 0.357. The van der Waals surface area contributed by atoms with Crippen molar-refractivity contribution in [1.29, 1.82) is 0 Å². The Morgan fingerprint density at radius 1 is 1.33 bits per heavy atom. The molecule has 1 atom stereocenters. The van der Waals surface area contributed by atoms with Crippen LogP contribution in [0.15, 0.2) is 30.6 Å². The van der Waals surface area contributed by atoms with Gasteiger partial charge in [0.1, 0.15) is 5.82 Å². The van der Waals surface area contributed by atoms with Gasteiger partial charge in [-0.2, -0.15) is 0 Å². The number of benzene rings is 1. The molecule has 0 saturated heterocycles. The second-order valence-electron chi connectivity index (χ2n) is 4.68. The Labute approximate surface area is 108 Å². The number of nitrogens with one attached hydrogen (secondary N) is 1. The molecule has 0 fully saturated rings. The minimum absolute atomic E-state index is 0.0901. The highest BCUT2D eigenvalue weighted by Crippen LogP contribution is 2.23. The molecule has 0 radical (unpaired) electrons. The van der Waals surface area contributed by atoms with Gasteiger partial charge in [0.25, 0.3) is 0 Å². The van der Waals surface area contributed by atoms with E-state index < -0.39 is 0 Å². The summed E-state index contributed by atoms with van der Waals surface area (Å²) < 4.78 is 2.03. The number of hydrogen-bond donors (Lipinski definition) is 2. The molecule has 3 N–H and O–H groups in total. The molecule has 4 heteroatoms. The van der Waals surface area contributed by atoms with Crippen LogP contribution in [-0.4, -0.2) is 9.55 Å². The third-order valence-corrected chi connectivity index (χ3v) is 3.40. The maximum atomic E-state index is 5.72. The van der Waals surface area contributed by atoms with Crippen molar-refractivity contribution in [3.8, 4) is 0 Å². The molecule has 2 rings (SSSR count). The normalized spacial score (nSPS) is 12.7. The van der Waals surface area contributed by atoms with E-state index in [0.29, 0.717) is 0 Å². The Kier molecular flexibility index (Phi) is 3.79. The maximum absolute atomic E-state index is 5.72. The second kappa shape index (κ2) is 5.33. The molecule has 0 aliphatic heterocycles. The van der Waals surface area contributed by atoms with E-state index in [0.717, 1.165) is 12.2 Å². The largest absolute Gasteiger partial charge is 0.338 e. The van der Waals surface area contributed by atoms with E-state index in [-0.39, 0.29) is 6.04 Å². The van der Waals surface area contributed by atoms with E-state index in [1.54, 1.807) is 0 Å². The van der Waals surface area contributed by atoms with E-state index in [4.69, 9.17) is 5.84 Å². The lowest BCUT2D eigenvalue weighted by atomic mass is 9.94. The molecule has 0 aliphatic rings. The average Bonchev–Trinajstić information content (AvgIpc) is 2.73. The standard InChI is InChI=1S/C14H20N4/c1-10-5-4-6-11(2)14(10)12(17-15)9-13-16-7-8-18(13)3/h4-8,12,17H,9,15H2,1-3H3. The number of aromatic nitrogens is 2. The monoisotopic (exact) mass is 244 g/mol. The van der Waals surface area contributed by atoms with Gasteiger partial charge in [0.2, 0.25) is 0 Å². The van der Waals surface area contributed by atoms with Crippen LogP contribution in [-0.2, 0) is 13.5 Å². The topological polar surface area (TPSA) is 55.9 Å². The Balaban J connectivity index is 2.32. The third kappa shape index (κ3) is 2.44. The van der Waals surface area contributed by atoms with Crippen LogP contribution in [0, 0.1) is 13.8 Å². The van der Waals surface area contributed by atoms with Gasteiger partial charge in [-0.3, -0.25) is 11.3 Å². The van der Waals surface area contributed by atoms with Gasteiger partial charge in [0, 0.05) is 25.9 Å².